The maximum absolute atomic E-state index is 14.2. The van der Waals surface area contributed by atoms with Crippen LogP contribution in [0.4, 0.5) is 4.39 Å². The largest absolute Gasteiger partial charge is 0.598 e. The van der Waals surface area contributed by atoms with Crippen LogP contribution in [0.25, 0.3) is 22.1 Å². The van der Waals surface area contributed by atoms with Gasteiger partial charge in [0.05, 0.1) is 13.0 Å². The Morgan fingerprint density at radius 2 is 1.88 bits per heavy atom. The molecule has 2 atom stereocenters. The molecule has 7 nitrogen and oxygen atoms in total. The van der Waals surface area contributed by atoms with Crippen LogP contribution in [-0.4, -0.2) is 35.7 Å². The zero-order valence-electron chi connectivity index (χ0n) is 25.6. The molecule has 0 radical (unpaired) electrons. The Morgan fingerprint density at radius 1 is 1.09 bits per heavy atom. The summed E-state index contributed by atoms with van der Waals surface area (Å²) < 4.78 is 52.3. The van der Waals surface area contributed by atoms with E-state index in [-0.39, 0.29) is 19.0 Å². The average Bonchev–Trinajstić information content (AvgIpc) is 3.37. The summed E-state index contributed by atoms with van der Waals surface area (Å²) in [6.07, 6.45) is 0.117. The van der Waals surface area contributed by atoms with Crippen LogP contribution in [0.1, 0.15) is 61.8 Å². The fraction of sp³-hybridized carbons (Fsp3) is 0.382. The normalized spacial score (nSPS) is 13.2. The Hall–Kier alpha value is -3.37. The predicted molar refractivity (Wildman–Crippen MR) is 168 cm³/mol. The molecule has 0 saturated carbocycles. The number of nitrogens with one attached hydrogen (secondary N) is 1. The molecule has 0 fully saturated rings. The lowest BCUT2D eigenvalue weighted by molar-refractivity contribution is -0.142. The first kappa shape index (κ1) is 32.5. The van der Waals surface area contributed by atoms with E-state index in [2.05, 4.69) is 4.72 Å². The Kier molecular flexibility index (Phi) is 10.9. The van der Waals surface area contributed by atoms with Crippen molar-refractivity contribution < 1.29 is 32.4 Å². The van der Waals surface area contributed by atoms with Gasteiger partial charge in [-0.05, 0) is 87.2 Å². The van der Waals surface area contributed by atoms with Gasteiger partial charge in [-0.15, -0.1) is 4.72 Å². The van der Waals surface area contributed by atoms with Crippen LogP contribution in [0.2, 0.25) is 0 Å². The fourth-order valence-corrected chi connectivity index (χ4v) is 5.48. The Labute approximate surface area is 256 Å². The molecule has 9 heteroatoms. The topological polar surface area (TPSA) is 93.0 Å². The third-order valence-corrected chi connectivity index (χ3v) is 8.44. The van der Waals surface area contributed by atoms with Crippen LogP contribution in [0.15, 0.2) is 65.1 Å². The number of alkyl halides is 1. The number of methoxy groups -OCH3 is 1. The van der Waals surface area contributed by atoms with Gasteiger partial charge >= 0.3 is 5.97 Å². The number of ether oxygens (including phenoxy) is 3. The van der Waals surface area contributed by atoms with Gasteiger partial charge in [0.1, 0.15) is 47.8 Å². The number of rotatable bonds is 13. The lowest BCUT2D eigenvalue weighted by Crippen LogP contribution is -2.41. The summed E-state index contributed by atoms with van der Waals surface area (Å²) in [6.45, 7) is 9.44. The summed E-state index contributed by atoms with van der Waals surface area (Å²) >= 11 is -1.44. The summed E-state index contributed by atoms with van der Waals surface area (Å²) in [5.74, 6) is 0.983. The molecular weight excluding hydrogens is 569 g/mol. The standard InChI is InChI=1S/C34H40FNO6S/c1-7-40-32(37)18-26-12-11-22(2)13-31(26)41-20-23-14-27-17-28(21-39-6)42-33(27)29(15-23)24-9-8-10-25(16-24)30(19-35)36-43(38)34(3,4)5/h8-17,30,36H,7,18-21H2,1-6H3/t30?,43-/m0/s1. The van der Waals surface area contributed by atoms with E-state index in [1.165, 1.54) is 0 Å². The van der Waals surface area contributed by atoms with Crippen molar-refractivity contribution in [2.45, 2.75) is 65.0 Å². The number of carbonyl (C=O) groups excluding carboxylic acids is 1. The number of hydrogen-bond acceptors (Lipinski definition) is 7. The van der Waals surface area contributed by atoms with Crippen molar-refractivity contribution in [3.8, 4) is 16.9 Å². The molecule has 1 unspecified atom stereocenters. The monoisotopic (exact) mass is 609 g/mol. The number of furan rings is 1. The van der Waals surface area contributed by atoms with Crippen LogP contribution < -0.4 is 9.46 Å². The number of benzene rings is 3. The Balaban J connectivity index is 1.70. The molecule has 0 aliphatic carbocycles. The average molecular weight is 610 g/mol. The SMILES string of the molecule is CCOC(=O)Cc1ccc(C)cc1OCc1cc(-c2cccc(C(CF)N[S@@+]([O-])C(C)(C)C)c2)c2oc(COC)cc2c1. The number of fused-ring (bicyclic) bond motifs is 1. The van der Waals surface area contributed by atoms with Crippen LogP contribution in [0, 0.1) is 6.92 Å². The van der Waals surface area contributed by atoms with Crippen molar-refractivity contribution in [3.05, 3.63) is 88.7 Å². The molecule has 1 N–H and O–H groups in total. The van der Waals surface area contributed by atoms with Gasteiger partial charge in [-0.25, -0.2) is 4.39 Å². The summed E-state index contributed by atoms with van der Waals surface area (Å²) in [5.41, 5.74) is 5.64. The molecule has 230 valence electrons. The molecule has 1 heterocycles. The summed E-state index contributed by atoms with van der Waals surface area (Å²) in [4.78, 5) is 12.2. The molecule has 4 aromatic rings. The first-order valence-electron chi connectivity index (χ1n) is 14.3. The zero-order chi connectivity index (χ0) is 31.1. The maximum Gasteiger partial charge on any atom is 0.310 e. The summed E-state index contributed by atoms with van der Waals surface area (Å²) in [7, 11) is 1.61. The van der Waals surface area contributed by atoms with E-state index >= 15 is 0 Å². The van der Waals surface area contributed by atoms with E-state index in [0.717, 1.165) is 33.2 Å². The first-order chi connectivity index (χ1) is 20.5. The number of carbonyl (C=O) groups is 1. The predicted octanol–water partition coefficient (Wildman–Crippen LogP) is 7.30. The van der Waals surface area contributed by atoms with Gasteiger partial charge in [-0.2, -0.15) is 0 Å². The van der Waals surface area contributed by atoms with Crippen molar-refractivity contribution in [2.24, 2.45) is 0 Å². The van der Waals surface area contributed by atoms with E-state index in [4.69, 9.17) is 18.6 Å². The molecule has 4 rings (SSSR count). The van der Waals surface area contributed by atoms with E-state index in [1.54, 1.807) is 14.0 Å². The molecule has 43 heavy (non-hydrogen) atoms. The van der Waals surface area contributed by atoms with Gasteiger partial charge in [0.25, 0.3) is 0 Å². The second kappa shape index (κ2) is 14.4. The smallest absolute Gasteiger partial charge is 0.310 e. The first-order valence-corrected chi connectivity index (χ1v) is 15.4. The van der Waals surface area contributed by atoms with E-state index in [0.29, 0.717) is 35.9 Å². The number of hydrogen-bond donors (Lipinski definition) is 1. The van der Waals surface area contributed by atoms with Gasteiger partial charge in [0.2, 0.25) is 0 Å². The minimum absolute atomic E-state index is 0.117. The molecule has 0 saturated heterocycles. The van der Waals surface area contributed by atoms with Gasteiger partial charge in [0, 0.05) is 35.0 Å². The fourth-order valence-electron chi connectivity index (χ4n) is 4.67. The van der Waals surface area contributed by atoms with Crippen molar-refractivity contribution in [1.82, 2.24) is 4.72 Å². The molecule has 0 bridgehead atoms. The highest BCUT2D eigenvalue weighted by atomic mass is 32.2. The highest BCUT2D eigenvalue weighted by Gasteiger charge is 2.30. The zero-order valence-corrected chi connectivity index (χ0v) is 26.4. The van der Waals surface area contributed by atoms with E-state index in [1.807, 2.05) is 88.4 Å². The van der Waals surface area contributed by atoms with Gasteiger partial charge in [-0.3, -0.25) is 4.79 Å². The molecule has 0 aliphatic heterocycles. The van der Waals surface area contributed by atoms with E-state index < -0.39 is 28.8 Å². The Morgan fingerprint density at radius 3 is 2.58 bits per heavy atom. The summed E-state index contributed by atoms with van der Waals surface area (Å²) in [5, 5.41) is 0.874. The third-order valence-electron chi connectivity index (χ3n) is 6.83. The highest BCUT2D eigenvalue weighted by Crippen LogP contribution is 2.35. The molecule has 1 aromatic heterocycles. The second-order valence-electron chi connectivity index (χ2n) is 11.4. The van der Waals surface area contributed by atoms with Crippen molar-refractivity contribution in [1.29, 1.82) is 0 Å². The van der Waals surface area contributed by atoms with Gasteiger partial charge < -0.3 is 23.2 Å². The molecule has 3 aromatic carbocycles. The van der Waals surface area contributed by atoms with Crippen LogP contribution in [-0.2, 0) is 45.3 Å². The highest BCUT2D eigenvalue weighted by molar-refractivity contribution is 7.90. The van der Waals surface area contributed by atoms with Crippen molar-refractivity contribution in [3.63, 3.8) is 0 Å². The quantitative estimate of drug-likeness (QED) is 0.126. The molecule has 0 amide bonds. The van der Waals surface area contributed by atoms with Gasteiger partial charge in [-0.1, -0.05) is 30.3 Å². The minimum Gasteiger partial charge on any atom is -0.598 e. The number of aryl methyl sites for hydroxylation is 1. The molecular formula is C34H40FNO6S. The number of halogens is 1. The lowest BCUT2D eigenvalue weighted by Gasteiger charge is -2.27. The number of esters is 1. The maximum atomic E-state index is 14.2. The molecule has 0 spiro atoms. The van der Waals surface area contributed by atoms with Crippen molar-refractivity contribution in [2.75, 3.05) is 20.4 Å². The molecule has 0 aliphatic rings. The summed E-state index contributed by atoms with van der Waals surface area (Å²) in [6, 6.07) is 18.5. The van der Waals surface area contributed by atoms with Crippen molar-refractivity contribution >= 4 is 28.3 Å². The third kappa shape index (κ3) is 8.38. The van der Waals surface area contributed by atoms with Crippen LogP contribution in [0.5, 0.6) is 5.75 Å². The second-order valence-corrected chi connectivity index (χ2v) is 13.4. The van der Waals surface area contributed by atoms with Crippen LogP contribution >= 0.6 is 0 Å². The Bertz CT molecular complexity index is 1550. The van der Waals surface area contributed by atoms with Gasteiger partial charge in [0.15, 0.2) is 0 Å². The minimum atomic E-state index is -1.44. The van der Waals surface area contributed by atoms with E-state index in [9.17, 15) is 13.7 Å². The van der Waals surface area contributed by atoms with Crippen LogP contribution in [0.3, 0.4) is 0 Å². The lowest BCUT2D eigenvalue weighted by atomic mass is 9.97.